The Morgan fingerprint density at radius 1 is 1.50 bits per heavy atom. The highest BCUT2D eigenvalue weighted by molar-refractivity contribution is 7.10. The number of H-pyrrole nitrogens is 1. The molecule has 0 amide bonds. The van der Waals surface area contributed by atoms with Crippen molar-refractivity contribution in [3.05, 3.63) is 33.9 Å². The smallest absolute Gasteiger partial charge is 0.147 e. The number of imidazole rings is 1. The lowest BCUT2D eigenvalue weighted by molar-refractivity contribution is 0.860. The summed E-state index contributed by atoms with van der Waals surface area (Å²) < 4.78 is 0. The number of thiophene rings is 1. The zero-order chi connectivity index (χ0) is 9.54. The van der Waals surface area contributed by atoms with E-state index in [2.05, 4.69) is 27.2 Å². The Morgan fingerprint density at radius 3 is 3.14 bits per heavy atom. The van der Waals surface area contributed by atoms with Crippen LogP contribution in [0.25, 0.3) is 0 Å². The number of hydrogen-bond donors (Lipinski definition) is 1. The predicted octanol–water partition coefficient (Wildman–Crippen LogP) is 2.30. The van der Waals surface area contributed by atoms with Crippen molar-refractivity contribution in [2.45, 2.75) is 20.0 Å². The third kappa shape index (κ3) is 1.07. The van der Waals surface area contributed by atoms with Gasteiger partial charge in [0.25, 0.3) is 0 Å². The van der Waals surface area contributed by atoms with Gasteiger partial charge in [0.15, 0.2) is 0 Å². The van der Waals surface area contributed by atoms with Crippen molar-refractivity contribution < 1.29 is 0 Å². The van der Waals surface area contributed by atoms with E-state index >= 15 is 0 Å². The first kappa shape index (κ1) is 8.05. The first-order chi connectivity index (χ1) is 6.84. The van der Waals surface area contributed by atoms with Gasteiger partial charge in [0.2, 0.25) is 0 Å². The molecule has 0 saturated carbocycles. The van der Waals surface area contributed by atoms with E-state index in [0.717, 1.165) is 18.9 Å². The quantitative estimate of drug-likeness (QED) is 0.774. The van der Waals surface area contributed by atoms with Crippen LogP contribution in [-0.2, 0) is 13.1 Å². The van der Waals surface area contributed by atoms with Crippen LogP contribution in [0.4, 0.5) is 5.82 Å². The van der Waals surface area contributed by atoms with Crippen LogP contribution in [-0.4, -0.2) is 9.97 Å². The number of rotatable bonds is 1. The third-order valence-electron chi connectivity index (χ3n) is 2.71. The van der Waals surface area contributed by atoms with E-state index in [1.807, 2.05) is 17.5 Å². The van der Waals surface area contributed by atoms with Gasteiger partial charge in [-0.3, -0.25) is 0 Å². The molecule has 0 aliphatic carbocycles. The zero-order valence-electron chi connectivity index (χ0n) is 7.95. The number of nitrogens with one attached hydrogen (secondary N) is 1. The lowest BCUT2D eigenvalue weighted by Crippen LogP contribution is -2.14. The Balaban J connectivity index is 1.92. The lowest BCUT2D eigenvalue weighted by atomic mass is 10.2. The molecular weight excluding hydrogens is 194 g/mol. The molecule has 3 nitrogen and oxygen atoms in total. The number of nitrogens with zero attached hydrogens (tertiary/aromatic N) is 2. The van der Waals surface area contributed by atoms with Gasteiger partial charge in [-0.1, -0.05) is 0 Å². The fourth-order valence-electron chi connectivity index (χ4n) is 1.91. The summed E-state index contributed by atoms with van der Waals surface area (Å²) in [5.41, 5.74) is 2.97. The van der Waals surface area contributed by atoms with Gasteiger partial charge in [-0.05, 0) is 23.4 Å². The van der Waals surface area contributed by atoms with Gasteiger partial charge in [-0.25, -0.2) is 4.98 Å². The minimum atomic E-state index is 1.00. The molecule has 3 heterocycles. The van der Waals surface area contributed by atoms with Gasteiger partial charge >= 0.3 is 0 Å². The zero-order valence-corrected chi connectivity index (χ0v) is 8.77. The van der Waals surface area contributed by atoms with Gasteiger partial charge in [0.05, 0.1) is 6.33 Å². The van der Waals surface area contributed by atoms with E-state index in [9.17, 15) is 0 Å². The molecule has 0 atom stereocenters. The second-order valence-electron chi connectivity index (χ2n) is 3.58. The van der Waals surface area contributed by atoms with Gasteiger partial charge < -0.3 is 9.88 Å². The van der Waals surface area contributed by atoms with Gasteiger partial charge in [0, 0.05) is 24.2 Å². The molecule has 2 aromatic heterocycles. The van der Waals surface area contributed by atoms with Crippen LogP contribution in [0.3, 0.4) is 0 Å². The Bertz CT molecular complexity index is 444. The van der Waals surface area contributed by atoms with Gasteiger partial charge in [-0.2, -0.15) is 0 Å². The highest BCUT2D eigenvalue weighted by atomic mass is 32.1. The molecule has 0 bridgehead atoms. The number of aryl methyl sites for hydroxylation is 1. The van der Waals surface area contributed by atoms with E-state index in [0.29, 0.717) is 0 Å². The maximum Gasteiger partial charge on any atom is 0.147 e. The summed E-state index contributed by atoms with van der Waals surface area (Å²) in [6.07, 6.45) is 3.68. The summed E-state index contributed by atoms with van der Waals surface area (Å²) in [5, 5.41) is 2.26. The largest absolute Gasteiger partial charge is 0.349 e. The van der Waals surface area contributed by atoms with Crippen molar-refractivity contribution in [3.8, 4) is 0 Å². The SMILES string of the molecule is Cc1scc2c1CN(c1c[nH]cn1)C2. The number of fused-ring (bicyclic) bond motifs is 1. The van der Waals surface area contributed by atoms with Crippen molar-refractivity contribution in [2.75, 3.05) is 4.90 Å². The van der Waals surface area contributed by atoms with Crippen molar-refractivity contribution in [3.63, 3.8) is 0 Å². The maximum absolute atomic E-state index is 4.26. The molecule has 3 rings (SSSR count). The predicted molar refractivity (Wildman–Crippen MR) is 57.5 cm³/mol. The summed E-state index contributed by atoms with van der Waals surface area (Å²) in [5.74, 6) is 1.05. The first-order valence-corrected chi connectivity index (χ1v) is 5.52. The van der Waals surface area contributed by atoms with Crippen molar-refractivity contribution in [1.82, 2.24) is 9.97 Å². The van der Waals surface area contributed by atoms with Crippen molar-refractivity contribution in [2.24, 2.45) is 0 Å². The number of anilines is 1. The van der Waals surface area contributed by atoms with Crippen LogP contribution >= 0.6 is 11.3 Å². The standard InChI is InChI=1S/C10H11N3S/c1-7-9-4-13(3-8(9)5-14-7)10-2-11-6-12-10/h2,5-6H,3-4H2,1H3,(H,11,12). The number of aromatic amines is 1. The summed E-state index contributed by atoms with van der Waals surface area (Å²) in [4.78, 5) is 11.0. The van der Waals surface area contributed by atoms with E-state index in [1.165, 1.54) is 16.0 Å². The molecule has 72 valence electrons. The third-order valence-corrected chi connectivity index (χ3v) is 3.71. The van der Waals surface area contributed by atoms with Crippen LogP contribution in [0.2, 0.25) is 0 Å². The summed E-state index contributed by atoms with van der Waals surface area (Å²) >= 11 is 1.85. The molecule has 2 aromatic rings. The Kier molecular flexibility index (Phi) is 1.64. The molecule has 1 N–H and O–H groups in total. The second-order valence-corrected chi connectivity index (χ2v) is 4.66. The molecular formula is C10H11N3S. The van der Waals surface area contributed by atoms with Crippen LogP contribution in [0.1, 0.15) is 16.0 Å². The minimum Gasteiger partial charge on any atom is -0.349 e. The van der Waals surface area contributed by atoms with Crippen LogP contribution in [0.15, 0.2) is 17.9 Å². The van der Waals surface area contributed by atoms with E-state index < -0.39 is 0 Å². The molecule has 1 aliphatic heterocycles. The molecule has 4 heteroatoms. The van der Waals surface area contributed by atoms with Crippen LogP contribution < -0.4 is 4.90 Å². The summed E-state index contributed by atoms with van der Waals surface area (Å²) in [6.45, 7) is 4.21. The summed E-state index contributed by atoms with van der Waals surface area (Å²) in [6, 6.07) is 0. The number of aromatic nitrogens is 2. The van der Waals surface area contributed by atoms with E-state index in [-0.39, 0.29) is 0 Å². The van der Waals surface area contributed by atoms with Crippen LogP contribution in [0, 0.1) is 6.92 Å². The van der Waals surface area contributed by atoms with Crippen molar-refractivity contribution >= 4 is 17.2 Å². The molecule has 1 aliphatic rings. The van der Waals surface area contributed by atoms with Gasteiger partial charge in [0.1, 0.15) is 5.82 Å². The normalized spacial score (nSPS) is 14.8. The van der Waals surface area contributed by atoms with Crippen molar-refractivity contribution in [1.29, 1.82) is 0 Å². The molecule has 0 aromatic carbocycles. The topological polar surface area (TPSA) is 31.9 Å². The Hall–Kier alpha value is -1.29. The highest BCUT2D eigenvalue weighted by Gasteiger charge is 2.22. The fourth-order valence-corrected chi connectivity index (χ4v) is 2.79. The molecule has 0 saturated heterocycles. The Morgan fingerprint density at radius 2 is 2.43 bits per heavy atom. The molecule has 14 heavy (non-hydrogen) atoms. The average molecular weight is 205 g/mol. The molecule has 0 spiro atoms. The van der Waals surface area contributed by atoms with E-state index in [4.69, 9.17) is 0 Å². The second kappa shape index (κ2) is 2.85. The average Bonchev–Trinajstić information content (AvgIpc) is 2.83. The first-order valence-electron chi connectivity index (χ1n) is 4.64. The van der Waals surface area contributed by atoms with Gasteiger partial charge in [-0.15, -0.1) is 11.3 Å². The Labute approximate surface area is 86.4 Å². The molecule has 0 fully saturated rings. The minimum absolute atomic E-state index is 1.00. The monoisotopic (exact) mass is 205 g/mol. The van der Waals surface area contributed by atoms with Crippen LogP contribution in [0.5, 0.6) is 0 Å². The van der Waals surface area contributed by atoms with E-state index in [1.54, 1.807) is 6.33 Å². The summed E-state index contributed by atoms with van der Waals surface area (Å²) in [7, 11) is 0. The lowest BCUT2D eigenvalue weighted by Gasteiger charge is -2.13. The molecule has 0 unspecified atom stereocenters. The highest BCUT2D eigenvalue weighted by Crippen LogP contribution is 2.32. The molecule has 0 radical (unpaired) electrons. The fraction of sp³-hybridized carbons (Fsp3) is 0.300. The maximum atomic E-state index is 4.26. The number of hydrogen-bond acceptors (Lipinski definition) is 3.